The summed E-state index contributed by atoms with van der Waals surface area (Å²) in [4.78, 5) is 27.0. The topological polar surface area (TPSA) is 112 Å². The molecule has 0 aliphatic carbocycles. The fourth-order valence-corrected chi connectivity index (χ4v) is 4.54. The van der Waals surface area contributed by atoms with Crippen LogP contribution in [0.15, 0.2) is 54.9 Å². The quantitative estimate of drug-likeness (QED) is 0.315. The molecule has 11 nitrogen and oxygen atoms in total. The summed E-state index contributed by atoms with van der Waals surface area (Å²) in [5.41, 5.74) is 3.45. The van der Waals surface area contributed by atoms with Gasteiger partial charge in [-0.05, 0) is 44.2 Å². The third-order valence-corrected chi connectivity index (χ3v) is 6.64. The van der Waals surface area contributed by atoms with E-state index in [9.17, 15) is 4.39 Å². The van der Waals surface area contributed by atoms with Crippen molar-refractivity contribution < 1.29 is 4.39 Å². The number of hydrogen-bond acceptors (Lipinski definition) is 10. The highest BCUT2D eigenvalue weighted by molar-refractivity contribution is 6.31. The summed E-state index contributed by atoms with van der Waals surface area (Å²) in [5.74, 6) is 2.25. The van der Waals surface area contributed by atoms with Gasteiger partial charge in [-0.25, -0.2) is 9.37 Å². The SMILES string of the molecule is Cc1ccc(Nc2nc(Nc3ccc(F)c(Cl)c3)nc(N3CCN(c4cc(C)nc5ncnn45)CC3)n2)cc1. The number of aryl methyl sites for hydroxylation is 2. The van der Waals surface area contributed by atoms with Crippen molar-refractivity contribution in [1.29, 1.82) is 0 Å². The predicted molar refractivity (Wildman–Crippen MR) is 149 cm³/mol. The van der Waals surface area contributed by atoms with Gasteiger partial charge in [-0.3, -0.25) is 0 Å². The maximum absolute atomic E-state index is 13.7. The van der Waals surface area contributed by atoms with Gasteiger partial charge in [0.2, 0.25) is 17.8 Å². The lowest BCUT2D eigenvalue weighted by Gasteiger charge is -2.36. The lowest BCUT2D eigenvalue weighted by Crippen LogP contribution is -2.47. The van der Waals surface area contributed by atoms with E-state index in [2.05, 4.69) is 45.5 Å². The van der Waals surface area contributed by atoms with E-state index in [0.717, 1.165) is 35.9 Å². The molecule has 2 aromatic carbocycles. The fraction of sp³-hybridized carbons (Fsp3) is 0.231. The van der Waals surface area contributed by atoms with E-state index in [4.69, 9.17) is 16.6 Å². The summed E-state index contributed by atoms with van der Waals surface area (Å²) < 4.78 is 15.4. The molecule has 198 valence electrons. The van der Waals surface area contributed by atoms with Crippen LogP contribution >= 0.6 is 11.6 Å². The van der Waals surface area contributed by atoms with Gasteiger partial charge in [0.25, 0.3) is 5.78 Å². The molecule has 0 spiro atoms. The Morgan fingerprint density at radius 1 is 0.795 bits per heavy atom. The van der Waals surface area contributed by atoms with Crippen molar-refractivity contribution in [3.8, 4) is 0 Å². The van der Waals surface area contributed by atoms with Gasteiger partial charge < -0.3 is 20.4 Å². The second kappa shape index (κ2) is 10.3. The molecule has 1 aliphatic rings. The van der Waals surface area contributed by atoms with Crippen molar-refractivity contribution in [2.45, 2.75) is 13.8 Å². The summed E-state index contributed by atoms with van der Waals surface area (Å²) >= 11 is 5.98. The van der Waals surface area contributed by atoms with Crippen LogP contribution in [0, 0.1) is 19.7 Å². The Labute approximate surface area is 228 Å². The number of hydrogen-bond donors (Lipinski definition) is 2. The highest BCUT2D eigenvalue weighted by Gasteiger charge is 2.23. The molecule has 1 fully saturated rings. The molecule has 1 saturated heterocycles. The summed E-state index contributed by atoms with van der Waals surface area (Å²) in [6, 6.07) is 14.3. The molecule has 0 radical (unpaired) electrons. The van der Waals surface area contributed by atoms with Crippen LogP contribution < -0.4 is 20.4 Å². The van der Waals surface area contributed by atoms with Gasteiger partial charge in [0.1, 0.15) is 18.0 Å². The third kappa shape index (κ3) is 5.36. The highest BCUT2D eigenvalue weighted by Crippen LogP contribution is 2.25. The number of rotatable bonds is 6. The first-order valence-electron chi connectivity index (χ1n) is 12.4. The van der Waals surface area contributed by atoms with Crippen molar-refractivity contribution in [2.75, 3.05) is 46.6 Å². The average Bonchev–Trinajstić information content (AvgIpc) is 3.40. The van der Waals surface area contributed by atoms with Crippen LogP contribution in [0.3, 0.4) is 0 Å². The number of halogens is 2. The van der Waals surface area contributed by atoms with Crippen molar-refractivity contribution in [1.82, 2.24) is 34.5 Å². The molecule has 0 bridgehead atoms. The fourth-order valence-electron chi connectivity index (χ4n) is 4.36. The monoisotopic (exact) mass is 545 g/mol. The highest BCUT2D eigenvalue weighted by atomic mass is 35.5. The number of nitrogens with zero attached hydrogens (tertiary/aromatic N) is 9. The van der Waals surface area contributed by atoms with E-state index in [1.807, 2.05) is 44.2 Å². The molecule has 5 aromatic rings. The first-order chi connectivity index (χ1) is 18.9. The van der Waals surface area contributed by atoms with Gasteiger partial charge in [-0.15, -0.1) is 0 Å². The lowest BCUT2D eigenvalue weighted by molar-refractivity contribution is 0.626. The minimum atomic E-state index is -0.495. The molecule has 4 heterocycles. The van der Waals surface area contributed by atoms with Gasteiger partial charge in [0.05, 0.1) is 5.02 Å². The second-order valence-corrected chi connectivity index (χ2v) is 9.64. The van der Waals surface area contributed by atoms with Crippen LogP contribution in [0.4, 0.5) is 39.4 Å². The number of benzene rings is 2. The molecule has 0 saturated carbocycles. The summed E-state index contributed by atoms with van der Waals surface area (Å²) in [5, 5.41) is 10.7. The van der Waals surface area contributed by atoms with E-state index in [-0.39, 0.29) is 5.02 Å². The molecule has 6 rings (SSSR count). The normalized spacial score (nSPS) is 13.6. The van der Waals surface area contributed by atoms with Crippen LogP contribution in [-0.2, 0) is 0 Å². The molecule has 0 atom stereocenters. The number of aromatic nitrogens is 7. The smallest absolute Gasteiger partial charge is 0.254 e. The first-order valence-corrected chi connectivity index (χ1v) is 12.8. The number of nitrogens with one attached hydrogen (secondary N) is 2. The van der Waals surface area contributed by atoms with Gasteiger partial charge in [-0.2, -0.15) is 29.5 Å². The van der Waals surface area contributed by atoms with Crippen LogP contribution in [-0.4, -0.2) is 60.7 Å². The average molecular weight is 546 g/mol. The molecule has 1 aliphatic heterocycles. The minimum Gasteiger partial charge on any atom is -0.353 e. The van der Waals surface area contributed by atoms with E-state index >= 15 is 0 Å². The van der Waals surface area contributed by atoms with Crippen molar-refractivity contribution in [2.24, 2.45) is 0 Å². The van der Waals surface area contributed by atoms with Gasteiger partial charge >= 0.3 is 0 Å². The molecule has 39 heavy (non-hydrogen) atoms. The molecule has 13 heteroatoms. The Morgan fingerprint density at radius 3 is 2.18 bits per heavy atom. The van der Waals surface area contributed by atoms with Crippen LogP contribution in [0.25, 0.3) is 5.78 Å². The zero-order valence-electron chi connectivity index (χ0n) is 21.3. The zero-order valence-corrected chi connectivity index (χ0v) is 22.1. The van der Waals surface area contributed by atoms with Gasteiger partial charge in [0.15, 0.2) is 0 Å². The van der Waals surface area contributed by atoms with E-state index < -0.39 is 5.82 Å². The Hall–Kier alpha value is -4.58. The van der Waals surface area contributed by atoms with Gasteiger partial charge in [-0.1, -0.05) is 29.3 Å². The largest absolute Gasteiger partial charge is 0.353 e. The molecule has 2 N–H and O–H groups in total. The van der Waals surface area contributed by atoms with E-state index in [1.165, 1.54) is 18.5 Å². The summed E-state index contributed by atoms with van der Waals surface area (Å²) in [7, 11) is 0. The standard InChI is InChI=1S/C26H25ClFN11/c1-16-3-5-18(6-4-16)32-23-34-24(33-19-7-8-21(28)20(27)14-19)36-26(35-23)38-11-9-37(10-12-38)22-13-17(2)31-25-29-15-30-39(22)25/h3-8,13-15H,9-12H2,1-2H3,(H2,32,33,34,35,36). The second-order valence-electron chi connectivity index (χ2n) is 9.23. The predicted octanol–water partition coefficient (Wildman–Crippen LogP) is 4.53. The molecular formula is C26H25ClFN11. The Kier molecular flexibility index (Phi) is 6.53. The maximum atomic E-state index is 13.7. The number of piperazine rings is 1. The zero-order chi connectivity index (χ0) is 26.9. The van der Waals surface area contributed by atoms with Gasteiger partial charge in [0, 0.05) is 49.3 Å². The third-order valence-electron chi connectivity index (χ3n) is 6.35. The van der Waals surface area contributed by atoms with Crippen molar-refractivity contribution in [3.05, 3.63) is 77.0 Å². The Morgan fingerprint density at radius 2 is 1.46 bits per heavy atom. The van der Waals surface area contributed by atoms with E-state index in [1.54, 1.807) is 10.6 Å². The van der Waals surface area contributed by atoms with Crippen molar-refractivity contribution in [3.63, 3.8) is 0 Å². The van der Waals surface area contributed by atoms with Crippen LogP contribution in [0.5, 0.6) is 0 Å². The molecule has 0 amide bonds. The number of anilines is 6. The number of fused-ring (bicyclic) bond motifs is 1. The van der Waals surface area contributed by atoms with Crippen LogP contribution in [0.1, 0.15) is 11.3 Å². The lowest BCUT2D eigenvalue weighted by atomic mass is 10.2. The van der Waals surface area contributed by atoms with E-state index in [0.29, 0.717) is 42.4 Å². The summed E-state index contributed by atoms with van der Waals surface area (Å²) in [6.45, 7) is 6.77. The summed E-state index contributed by atoms with van der Waals surface area (Å²) in [6.07, 6.45) is 1.51. The maximum Gasteiger partial charge on any atom is 0.254 e. The Bertz CT molecular complexity index is 1630. The molecule has 3 aromatic heterocycles. The molecule has 0 unspecified atom stereocenters. The van der Waals surface area contributed by atoms with Crippen molar-refractivity contribution >= 4 is 52.4 Å². The minimum absolute atomic E-state index is 0.0104. The molecular weight excluding hydrogens is 521 g/mol. The first kappa shape index (κ1) is 24.7. The Balaban J connectivity index is 1.26. The van der Waals surface area contributed by atoms with Crippen LogP contribution in [0.2, 0.25) is 5.02 Å².